The molecule has 0 atom stereocenters. The molecule has 0 N–H and O–H groups in total. The van der Waals surface area contributed by atoms with E-state index in [2.05, 4.69) is 24.0 Å². The number of unbranched alkanes of at least 4 members (excludes halogenated alkanes) is 2. The van der Waals surface area contributed by atoms with E-state index in [0.717, 1.165) is 37.2 Å². The van der Waals surface area contributed by atoms with Crippen LogP contribution < -0.4 is 4.74 Å². The highest BCUT2D eigenvalue weighted by atomic mass is 19.1. The fourth-order valence-corrected chi connectivity index (χ4v) is 2.14. The summed E-state index contributed by atoms with van der Waals surface area (Å²) >= 11 is 0. The normalized spacial score (nSPS) is 10.6. The van der Waals surface area contributed by atoms with Gasteiger partial charge in [-0.15, -0.1) is 0 Å². The van der Waals surface area contributed by atoms with E-state index in [1.54, 1.807) is 12.3 Å². The Morgan fingerprint density at radius 3 is 2.33 bits per heavy atom. The van der Waals surface area contributed by atoms with E-state index in [4.69, 9.17) is 4.74 Å². The van der Waals surface area contributed by atoms with Gasteiger partial charge in [0.1, 0.15) is 5.75 Å². The zero-order valence-electron chi connectivity index (χ0n) is 12.5. The Hall–Kier alpha value is -1.90. The van der Waals surface area contributed by atoms with Gasteiger partial charge in [0.05, 0.1) is 6.61 Å². The molecule has 2 nitrogen and oxygen atoms in total. The number of aryl methyl sites for hydroxylation is 2. The van der Waals surface area contributed by atoms with Gasteiger partial charge in [0.25, 0.3) is 0 Å². The number of hydrogen-bond acceptors (Lipinski definition) is 2. The minimum Gasteiger partial charge on any atom is -0.494 e. The number of rotatable bonds is 8. The third-order valence-corrected chi connectivity index (χ3v) is 3.43. The lowest BCUT2D eigenvalue weighted by atomic mass is 10.1. The van der Waals surface area contributed by atoms with Crippen molar-refractivity contribution in [2.75, 3.05) is 6.61 Å². The molecule has 0 unspecified atom stereocenters. The van der Waals surface area contributed by atoms with Gasteiger partial charge in [-0.1, -0.05) is 38.0 Å². The zero-order valence-corrected chi connectivity index (χ0v) is 12.5. The maximum atomic E-state index is 12.7. The Balaban J connectivity index is 1.78. The Kier molecular flexibility index (Phi) is 6.20. The molecule has 0 aliphatic rings. The van der Waals surface area contributed by atoms with Gasteiger partial charge >= 0.3 is 0 Å². The van der Waals surface area contributed by atoms with Crippen LogP contribution in [0.4, 0.5) is 4.39 Å². The SMILES string of the molecule is CCCCCOc1ccc(CCc2ccc(F)nc2)cc1. The molecule has 112 valence electrons. The Morgan fingerprint density at radius 2 is 1.67 bits per heavy atom. The van der Waals surface area contributed by atoms with Crippen molar-refractivity contribution in [1.82, 2.24) is 4.98 Å². The van der Waals surface area contributed by atoms with Gasteiger partial charge in [-0.25, -0.2) is 4.98 Å². The Bertz CT molecular complexity index is 522. The number of pyridine rings is 1. The van der Waals surface area contributed by atoms with Gasteiger partial charge in [-0.3, -0.25) is 0 Å². The maximum absolute atomic E-state index is 12.7. The zero-order chi connectivity index (χ0) is 14.9. The van der Waals surface area contributed by atoms with E-state index in [0.29, 0.717) is 0 Å². The van der Waals surface area contributed by atoms with Crippen LogP contribution in [0.2, 0.25) is 0 Å². The lowest BCUT2D eigenvalue weighted by Crippen LogP contribution is -1.97. The first-order valence-corrected chi connectivity index (χ1v) is 7.60. The number of hydrogen-bond donors (Lipinski definition) is 0. The molecule has 1 aromatic carbocycles. The first kappa shape index (κ1) is 15.5. The molecule has 0 radical (unpaired) electrons. The van der Waals surface area contributed by atoms with E-state index in [1.165, 1.54) is 24.5 Å². The lowest BCUT2D eigenvalue weighted by molar-refractivity contribution is 0.306. The van der Waals surface area contributed by atoms with Crippen molar-refractivity contribution in [1.29, 1.82) is 0 Å². The average Bonchev–Trinajstić information content (AvgIpc) is 2.52. The van der Waals surface area contributed by atoms with E-state index in [1.807, 2.05) is 12.1 Å². The van der Waals surface area contributed by atoms with Crippen molar-refractivity contribution in [3.8, 4) is 5.75 Å². The highest BCUT2D eigenvalue weighted by molar-refractivity contribution is 5.28. The monoisotopic (exact) mass is 287 g/mol. The predicted molar refractivity (Wildman–Crippen MR) is 83.1 cm³/mol. The molecule has 0 saturated heterocycles. The molecular formula is C18H22FNO. The highest BCUT2D eigenvalue weighted by Crippen LogP contribution is 2.14. The standard InChI is InChI=1S/C18H22FNO/c1-2-3-4-13-21-17-10-7-15(8-11-17)5-6-16-9-12-18(19)20-14-16/h7-12,14H,2-6,13H2,1H3. The lowest BCUT2D eigenvalue weighted by Gasteiger charge is -2.07. The highest BCUT2D eigenvalue weighted by Gasteiger charge is 1.99. The summed E-state index contributed by atoms with van der Waals surface area (Å²) in [5.74, 6) is 0.502. The van der Waals surface area contributed by atoms with Gasteiger partial charge in [0, 0.05) is 6.20 Å². The van der Waals surface area contributed by atoms with Crippen molar-refractivity contribution in [3.63, 3.8) is 0 Å². The van der Waals surface area contributed by atoms with Gasteiger partial charge in [-0.2, -0.15) is 4.39 Å². The second-order valence-corrected chi connectivity index (χ2v) is 5.19. The first-order chi connectivity index (χ1) is 10.3. The summed E-state index contributed by atoms with van der Waals surface area (Å²) in [5.41, 5.74) is 2.30. The summed E-state index contributed by atoms with van der Waals surface area (Å²) < 4.78 is 18.4. The topological polar surface area (TPSA) is 22.1 Å². The molecule has 0 fully saturated rings. The minimum atomic E-state index is -0.427. The molecule has 0 amide bonds. The summed E-state index contributed by atoms with van der Waals surface area (Å²) in [6, 6.07) is 11.4. The van der Waals surface area contributed by atoms with Crippen LogP contribution in [0.15, 0.2) is 42.6 Å². The quantitative estimate of drug-likeness (QED) is 0.524. The van der Waals surface area contributed by atoms with Crippen LogP contribution >= 0.6 is 0 Å². The Morgan fingerprint density at radius 1 is 0.952 bits per heavy atom. The Labute approximate surface area is 126 Å². The number of ether oxygens (including phenoxy) is 1. The van der Waals surface area contributed by atoms with Crippen molar-refractivity contribution >= 4 is 0 Å². The van der Waals surface area contributed by atoms with Crippen LogP contribution in [0.5, 0.6) is 5.75 Å². The van der Waals surface area contributed by atoms with Crippen LogP contribution in [0, 0.1) is 5.95 Å². The molecule has 1 heterocycles. The van der Waals surface area contributed by atoms with E-state index >= 15 is 0 Å². The number of halogens is 1. The largest absolute Gasteiger partial charge is 0.494 e. The van der Waals surface area contributed by atoms with Gasteiger partial charge < -0.3 is 4.74 Å². The maximum Gasteiger partial charge on any atom is 0.212 e. The molecule has 2 rings (SSSR count). The average molecular weight is 287 g/mol. The number of aromatic nitrogens is 1. The van der Waals surface area contributed by atoms with Gasteiger partial charge in [-0.05, 0) is 48.6 Å². The van der Waals surface area contributed by atoms with Crippen molar-refractivity contribution in [2.45, 2.75) is 39.0 Å². The van der Waals surface area contributed by atoms with Crippen molar-refractivity contribution in [3.05, 3.63) is 59.7 Å². The second-order valence-electron chi connectivity index (χ2n) is 5.19. The third kappa shape index (κ3) is 5.54. The fraction of sp³-hybridized carbons (Fsp3) is 0.389. The molecule has 0 spiro atoms. The molecule has 0 aliphatic carbocycles. The minimum absolute atomic E-state index is 0.427. The third-order valence-electron chi connectivity index (χ3n) is 3.43. The fourth-order valence-electron chi connectivity index (χ4n) is 2.14. The molecule has 3 heteroatoms. The summed E-state index contributed by atoms with van der Waals surface area (Å²) in [7, 11) is 0. The molecule has 1 aromatic heterocycles. The van der Waals surface area contributed by atoms with Crippen LogP contribution in [0.3, 0.4) is 0 Å². The molecule has 0 aliphatic heterocycles. The molecule has 21 heavy (non-hydrogen) atoms. The molecule has 2 aromatic rings. The predicted octanol–water partition coefficient (Wildman–Crippen LogP) is 4.57. The number of nitrogens with zero attached hydrogens (tertiary/aromatic N) is 1. The summed E-state index contributed by atoms with van der Waals surface area (Å²) in [6.07, 6.45) is 6.91. The summed E-state index contributed by atoms with van der Waals surface area (Å²) in [4.78, 5) is 3.67. The van der Waals surface area contributed by atoms with Crippen molar-refractivity contribution < 1.29 is 9.13 Å². The van der Waals surface area contributed by atoms with Gasteiger partial charge in [0.15, 0.2) is 0 Å². The molecule has 0 bridgehead atoms. The van der Waals surface area contributed by atoms with Crippen molar-refractivity contribution in [2.24, 2.45) is 0 Å². The first-order valence-electron chi connectivity index (χ1n) is 7.60. The van der Waals surface area contributed by atoms with Crippen LogP contribution in [-0.4, -0.2) is 11.6 Å². The van der Waals surface area contributed by atoms with E-state index < -0.39 is 5.95 Å². The second kappa shape index (κ2) is 8.40. The molecule has 0 saturated carbocycles. The van der Waals surface area contributed by atoms with E-state index in [9.17, 15) is 4.39 Å². The van der Waals surface area contributed by atoms with E-state index in [-0.39, 0.29) is 0 Å². The summed E-state index contributed by atoms with van der Waals surface area (Å²) in [6.45, 7) is 2.97. The number of benzene rings is 1. The molecular weight excluding hydrogens is 265 g/mol. The van der Waals surface area contributed by atoms with Gasteiger partial charge in [0.2, 0.25) is 5.95 Å². The van der Waals surface area contributed by atoms with Crippen LogP contribution in [-0.2, 0) is 12.8 Å². The van der Waals surface area contributed by atoms with Crippen LogP contribution in [0.25, 0.3) is 0 Å². The summed E-state index contributed by atoms with van der Waals surface area (Å²) in [5, 5.41) is 0. The smallest absolute Gasteiger partial charge is 0.212 e. The van der Waals surface area contributed by atoms with Crippen LogP contribution in [0.1, 0.15) is 37.3 Å².